The number of benzene rings is 1. The highest BCUT2D eigenvalue weighted by molar-refractivity contribution is 7.89. The SMILES string of the molecule is CCOc1ccc(CC(=O)N2CCN(S(=O)(=O)c3c(C)noc3C)CC2)cc1. The van der Waals surface area contributed by atoms with Gasteiger partial charge in [-0.25, -0.2) is 8.42 Å². The Balaban J connectivity index is 1.59. The maximum atomic E-state index is 12.9. The minimum Gasteiger partial charge on any atom is -0.494 e. The molecule has 3 rings (SSSR count). The summed E-state index contributed by atoms with van der Waals surface area (Å²) in [5.74, 6) is 1.04. The van der Waals surface area contributed by atoms with Gasteiger partial charge in [0.15, 0.2) is 5.76 Å². The Labute approximate surface area is 165 Å². The van der Waals surface area contributed by atoms with E-state index in [2.05, 4.69) is 5.16 Å². The lowest BCUT2D eigenvalue weighted by Gasteiger charge is -2.34. The van der Waals surface area contributed by atoms with E-state index in [9.17, 15) is 13.2 Å². The average molecular weight is 407 g/mol. The molecule has 1 amide bonds. The molecule has 0 spiro atoms. The van der Waals surface area contributed by atoms with Crippen molar-refractivity contribution in [3.63, 3.8) is 0 Å². The van der Waals surface area contributed by atoms with Crippen LogP contribution in [0.3, 0.4) is 0 Å². The number of carbonyl (C=O) groups excluding carboxylic acids is 1. The number of aromatic nitrogens is 1. The summed E-state index contributed by atoms with van der Waals surface area (Å²) in [5, 5.41) is 3.73. The van der Waals surface area contributed by atoms with Crippen LogP contribution in [0.2, 0.25) is 0 Å². The van der Waals surface area contributed by atoms with Crippen LogP contribution in [0.1, 0.15) is 23.9 Å². The maximum Gasteiger partial charge on any atom is 0.248 e. The summed E-state index contributed by atoms with van der Waals surface area (Å²) in [6.45, 7) is 6.94. The zero-order valence-corrected chi connectivity index (χ0v) is 17.2. The highest BCUT2D eigenvalue weighted by atomic mass is 32.2. The van der Waals surface area contributed by atoms with Crippen molar-refractivity contribution >= 4 is 15.9 Å². The molecule has 9 heteroatoms. The topological polar surface area (TPSA) is 93.0 Å². The quantitative estimate of drug-likeness (QED) is 0.725. The predicted octanol–water partition coefficient (Wildman–Crippen LogP) is 1.77. The molecule has 152 valence electrons. The van der Waals surface area contributed by atoms with Gasteiger partial charge < -0.3 is 14.2 Å². The van der Waals surface area contributed by atoms with Crippen LogP contribution < -0.4 is 4.74 Å². The van der Waals surface area contributed by atoms with Crippen molar-refractivity contribution in [3.05, 3.63) is 41.3 Å². The van der Waals surface area contributed by atoms with Crippen LogP contribution in [0, 0.1) is 13.8 Å². The Kier molecular flexibility index (Phi) is 6.04. The number of sulfonamides is 1. The predicted molar refractivity (Wildman–Crippen MR) is 103 cm³/mol. The summed E-state index contributed by atoms with van der Waals surface area (Å²) < 4.78 is 37.5. The van der Waals surface area contributed by atoms with Gasteiger partial charge in [0, 0.05) is 26.2 Å². The zero-order valence-electron chi connectivity index (χ0n) is 16.3. The van der Waals surface area contributed by atoms with Crippen molar-refractivity contribution < 1.29 is 22.5 Å². The van der Waals surface area contributed by atoms with Gasteiger partial charge in [-0.05, 0) is 38.5 Å². The molecule has 0 bridgehead atoms. The third kappa shape index (κ3) is 4.20. The number of carbonyl (C=O) groups is 1. The molecule has 0 saturated carbocycles. The third-order valence-corrected chi connectivity index (χ3v) is 6.89. The second-order valence-electron chi connectivity index (χ2n) is 6.69. The molecule has 0 atom stereocenters. The number of nitrogens with zero attached hydrogens (tertiary/aromatic N) is 3. The fraction of sp³-hybridized carbons (Fsp3) is 0.474. The Hall–Kier alpha value is -2.39. The molecular formula is C19H25N3O5S. The van der Waals surface area contributed by atoms with E-state index in [-0.39, 0.29) is 36.1 Å². The van der Waals surface area contributed by atoms with Crippen LogP contribution in [0.4, 0.5) is 0 Å². The Morgan fingerprint density at radius 3 is 2.32 bits per heavy atom. The lowest BCUT2D eigenvalue weighted by molar-refractivity contribution is -0.131. The van der Waals surface area contributed by atoms with E-state index in [1.807, 2.05) is 31.2 Å². The number of rotatable bonds is 6. The van der Waals surface area contributed by atoms with Crippen molar-refractivity contribution in [1.82, 2.24) is 14.4 Å². The Bertz CT molecular complexity index is 909. The van der Waals surface area contributed by atoms with Gasteiger partial charge in [-0.2, -0.15) is 4.31 Å². The second-order valence-corrected chi connectivity index (χ2v) is 8.57. The summed E-state index contributed by atoms with van der Waals surface area (Å²) in [5.41, 5.74) is 1.26. The molecule has 1 aromatic heterocycles. The van der Waals surface area contributed by atoms with Crippen LogP contribution in [0.5, 0.6) is 5.75 Å². The monoisotopic (exact) mass is 407 g/mol. The van der Waals surface area contributed by atoms with Gasteiger partial charge >= 0.3 is 0 Å². The highest BCUT2D eigenvalue weighted by Gasteiger charge is 2.34. The normalized spacial score (nSPS) is 15.6. The van der Waals surface area contributed by atoms with Crippen molar-refractivity contribution in [2.75, 3.05) is 32.8 Å². The minimum absolute atomic E-state index is 0.0152. The molecule has 1 aliphatic heterocycles. The molecule has 8 nitrogen and oxygen atoms in total. The van der Waals surface area contributed by atoms with Crippen LogP contribution in [-0.2, 0) is 21.2 Å². The first-order chi connectivity index (χ1) is 13.3. The van der Waals surface area contributed by atoms with Crippen molar-refractivity contribution in [2.45, 2.75) is 32.1 Å². The van der Waals surface area contributed by atoms with E-state index in [4.69, 9.17) is 9.26 Å². The molecule has 0 unspecified atom stereocenters. The highest BCUT2D eigenvalue weighted by Crippen LogP contribution is 2.24. The maximum absolute atomic E-state index is 12.9. The summed E-state index contributed by atoms with van der Waals surface area (Å²) in [4.78, 5) is 14.4. The summed E-state index contributed by atoms with van der Waals surface area (Å²) in [6, 6.07) is 7.45. The van der Waals surface area contributed by atoms with E-state index in [1.165, 1.54) is 4.31 Å². The number of hydrogen-bond donors (Lipinski definition) is 0. The molecule has 0 N–H and O–H groups in total. The summed E-state index contributed by atoms with van der Waals surface area (Å²) in [6.07, 6.45) is 0.281. The van der Waals surface area contributed by atoms with Crippen LogP contribution in [0.25, 0.3) is 0 Å². The van der Waals surface area contributed by atoms with Gasteiger partial charge in [-0.15, -0.1) is 0 Å². The molecule has 1 fully saturated rings. The second kappa shape index (κ2) is 8.32. The fourth-order valence-corrected chi connectivity index (χ4v) is 5.02. The smallest absolute Gasteiger partial charge is 0.248 e. The van der Waals surface area contributed by atoms with E-state index in [0.29, 0.717) is 25.4 Å². The van der Waals surface area contributed by atoms with E-state index in [1.54, 1.807) is 18.7 Å². The largest absolute Gasteiger partial charge is 0.494 e. The number of piperazine rings is 1. The number of amides is 1. The molecule has 1 saturated heterocycles. The molecule has 28 heavy (non-hydrogen) atoms. The van der Waals surface area contributed by atoms with E-state index < -0.39 is 10.0 Å². The van der Waals surface area contributed by atoms with Crippen molar-refractivity contribution in [2.24, 2.45) is 0 Å². The van der Waals surface area contributed by atoms with Gasteiger partial charge in [0.1, 0.15) is 16.3 Å². The van der Waals surface area contributed by atoms with Crippen LogP contribution in [-0.4, -0.2) is 61.5 Å². The summed E-state index contributed by atoms with van der Waals surface area (Å²) >= 11 is 0. The standard InChI is InChI=1S/C19H25N3O5S/c1-4-26-17-7-5-16(6-8-17)13-18(23)21-9-11-22(12-10-21)28(24,25)19-14(2)20-27-15(19)3/h5-8H,4,9-13H2,1-3H3. The lowest BCUT2D eigenvalue weighted by Crippen LogP contribution is -2.51. The first-order valence-corrected chi connectivity index (χ1v) is 10.7. The number of aryl methyl sites for hydroxylation is 2. The molecule has 2 heterocycles. The van der Waals surface area contributed by atoms with Crippen molar-refractivity contribution in [1.29, 1.82) is 0 Å². The van der Waals surface area contributed by atoms with Gasteiger partial charge in [-0.3, -0.25) is 4.79 Å². The minimum atomic E-state index is -3.67. The first-order valence-electron chi connectivity index (χ1n) is 9.25. The number of hydrogen-bond acceptors (Lipinski definition) is 6. The average Bonchev–Trinajstić information content (AvgIpc) is 3.02. The fourth-order valence-electron chi connectivity index (χ4n) is 3.31. The molecule has 0 radical (unpaired) electrons. The van der Waals surface area contributed by atoms with Gasteiger partial charge in [0.05, 0.1) is 13.0 Å². The lowest BCUT2D eigenvalue weighted by atomic mass is 10.1. The van der Waals surface area contributed by atoms with Crippen molar-refractivity contribution in [3.8, 4) is 5.75 Å². The first kappa shape index (κ1) is 20.3. The van der Waals surface area contributed by atoms with Gasteiger partial charge in [0.2, 0.25) is 15.9 Å². The van der Waals surface area contributed by atoms with E-state index in [0.717, 1.165) is 11.3 Å². The number of ether oxygens (including phenoxy) is 1. The van der Waals surface area contributed by atoms with E-state index >= 15 is 0 Å². The molecule has 2 aromatic rings. The molecule has 0 aliphatic carbocycles. The molecule has 1 aliphatic rings. The van der Waals surface area contributed by atoms with Gasteiger partial charge in [-0.1, -0.05) is 17.3 Å². The molecule has 1 aromatic carbocycles. The van der Waals surface area contributed by atoms with Crippen LogP contribution >= 0.6 is 0 Å². The third-order valence-electron chi connectivity index (χ3n) is 4.75. The zero-order chi connectivity index (χ0) is 20.3. The van der Waals surface area contributed by atoms with Crippen LogP contribution in [0.15, 0.2) is 33.7 Å². The Morgan fingerprint density at radius 2 is 1.79 bits per heavy atom. The molecular weight excluding hydrogens is 382 g/mol. The summed E-state index contributed by atoms with van der Waals surface area (Å²) in [7, 11) is -3.67. The Morgan fingerprint density at radius 1 is 1.14 bits per heavy atom. The van der Waals surface area contributed by atoms with Gasteiger partial charge in [0.25, 0.3) is 0 Å².